The Bertz CT molecular complexity index is 1380. The quantitative estimate of drug-likeness (QED) is 0.0823. The number of aryl methyl sites for hydroxylation is 2. The predicted molar refractivity (Wildman–Crippen MR) is 147 cm³/mol. The van der Waals surface area contributed by atoms with Gasteiger partial charge in [0.25, 0.3) is 0 Å². The van der Waals surface area contributed by atoms with Crippen LogP contribution in [0.5, 0.6) is 5.75 Å². The van der Waals surface area contributed by atoms with Crippen molar-refractivity contribution in [1.29, 1.82) is 0 Å². The maximum absolute atomic E-state index is 14.4. The number of esters is 1. The molecule has 1 heterocycles. The standard InChI is InChI=1S/C31H35F6NO3/c1-6-8-9-10-22-11-14-25(21(5)15-22)27-16-23-12-13-24(17-26(23)38(27)20(3)4)40-18-29(32,33)31(36,37)30(34,35)19-41-28(39)7-2/h7,11-17,20H,2,6,8-10,18-19H2,1,3-5H3. The van der Waals surface area contributed by atoms with Crippen molar-refractivity contribution in [3.8, 4) is 17.0 Å². The van der Waals surface area contributed by atoms with Gasteiger partial charge in [-0.2, -0.15) is 26.3 Å². The van der Waals surface area contributed by atoms with Crippen molar-refractivity contribution in [3.63, 3.8) is 0 Å². The fourth-order valence-electron chi connectivity index (χ4n) is 4.65. The molecule has 2 aromatic carbocycles. The summed E-state index contributed by atoms with van der Waals surface area (Å²) >= 11 is 0. The lowest BCUT2D eigenvalue weighted by Crippen LogP contribution is -2.58. The number of fused-ring (bicyclic) bond motifs is 1. The number of alkyl halides is 6. The third-order valence-corrected chi connectivity index (χ3v) is 6.87. The summed E-state index contributed by atoms with van der Waals surface area (Å²) in [4.78, 5) is 11.0. The molecule has 0 saturated heterocycles. The monoisotopic (exact) mass is 583 g/mol. The molecule has 224 valence electrons. The number of hydrogen-bond acceptors (Lipinski definition) is 3. The van der Waals surface area contributed by atoms with E-state index in [-0.39, 0.29) is 11.8 Å². The van der Waals surface area contributed by atoms with E-state index in [9.17, 15) is 31.1 Å². The van der Waals surface area contributed by atoms with Crippen molar-refractivity contribution in [1.82, 2.24) is 4.57 Å². The SMILES string of the molecule is C=CC(=O)OCC(F)(F)C(F)(F)C(F)(F)COc1ccc2cc(-c3ccc(CCCCC)cc3C)n(C(C)C)c2c1. The first-order valence-electron chi connectivity index (χ1n) is 13.5. The Kier molecular flexibility index (Phi) is 9.87. The normalized spacial score (nSPS) is 12.7. The highest BCUT2D eigenvalue weighted by atomic mass is 19.3. The number of halogens is 6. The maximum Gasteiger partial charge on any atom is 0.378 e. The molecule has 1 aromatic heterocycles. The van der Waals surface area contributed by atoms with E-state index < -0.39 is 37.0 Å². The van der Waals surface area contributed by atoms with E-state index in [0.717, 1.165) is 47.9 Å². The van der Waals surface area contributed by atoms with Gasteiger partial charge in [0.2, 0.25) is 0 Å². The van der Waals surface area contributed by atoms with Crippen LogP contribution in [-0.2, 0) is 16.0 Å². The van der Waals surface area contributed by atoms with Gasteiger partial charge in [0, 0.05) is 34.8 Å². The summed E-state index contributed by atoms with van der Waals surface area (Å²) in [5.74, 6) is -18.1. The Morgan fingerprint density at radius 3 is 2.27 bits per heavy atom. The van der Waals surface area contributed by atoms with Crippen LogP contribution in [0.25, 0.3) is 22.2 Å². The second kappa shape index (κ2) is 12.6. The molecule has 0 spiro atoms. The topological polar surface area (TPSA) is 40.5 Å². The minimum absolute atomic E-state index is 0.0656. The van der Waals surface area contributed by atoms with Crippen molar-refractivity contribution in [3.05, 3.63) is 66.2 Å². The van der Waals surface area contributed by atoms with Crippen molar-refractivity contribution in [2.24, 2.45) is 0 Å². The fraction of sp³-hybridized carbons (Fsp3) is 0.452. The van der Waals surface area contributed by atoms with E-state index in [1.807, 2.05) is 31.4 Å². The van der Waals surface area contributed by atoms with E-state index in [4.69, 9.17) is 4.74 Å². The molecule has 0 amide bonds. The second-order valence-electron chi connectivity index (χ2n) is 10.4. The molecule has 0 aliphatic rings. The second-order valence-corrected chi connectivity index (χ2v) is 10.4. The molecule has 0 aliphatic heterocycles. The van der Waals surface area contributed by atoms with Crippen LogP contribution in [0.1, 0.15) is 57.2 Å². The minimum Gasteiger partial charge on any atom is -0.487 e. The van der Waals surface area contributed by atoms with Gasteiger partial charge in [-0.15, -0.1) is 0 Å². The molecule has 10 heteroatoms. The average Bonchev–Trinajstić information content (AvgIpc) is 3.29. The van der Waals surface area contributed by atoms with E-state index in [0.29, 0.717) is 11.6 Å². The summed E-state index contributed by atoms with van der Waals surface area (Å²) in [5, 5.41) is 0.764. The summed E-state index contributed by atoms with van der Waals surface area (Å²) < 4.78 is 95.9. The molecule has 3 aromatic rings. The van der Waals surface area contributed by atoms with Gasteiger partial charge >= 0.3 is 23.7 Å². The summed E-state index contributed by atoms with van der Waals surface area (Å²) in [6, 6.07) is 12.5. The zero-order chi connectivity index (χ0) is 30.6. The van der Waals surface area contributed by atoms with E-state index in [1.165, 1.54) is 17.7 Å². The fourth-order valence-corrected chi connectivity index (χ4v) is 4.65. The minimum atomic E-state index is -5.86. The predicted octanol–water partition coefficient (Wildman–Crippen LogP) is 8.94. The molecular weight excluding hydrogens is 548 g/mol. The van der Waals surface area contributed by atoms with E-state index in [2.05, 4.69) is 36.4 Å². The lowest BCUT2D eigenvalue weighted by atomic mass is 9.99. The molecule has 0 radical (unpaired) electrons. The number of aromatic nitrogens is 1. The van der Waals surface area contributed by atoms with Gasteiger partial charge in [0.1, 0.15) is 5.75 Å². The Morgan fingerprint density at radius 1 is 0.976 bits per heavy atom. The molecule has 0 aliphatic carbocycles. The zero-order valence-corrected chi connectivity index (χ0v) is 23.6. The number of carbonyl (C=O) groups is 1. The smallest absolute Gasteiger partial charge is 0.378 e. The van der Waals surface area contributed by atoms with E-state index >= 15 is 0 Å². The molecule has 0 atom stereocenters. The molecule has 0 bridgehead atoms. The summed E-state index contributed by atoms with van der Waals surface area (Å²) in [6.45, 7) is 6.74. The summed E-state index contributed by atoms with van der Waals surface area (Å²) in [7, 11) is 0. The zero-order valence-electron chi connectivity index (χ0n) is 23.6. The third kappa shape index (κ3) is 6.90. The Labute approximate surface area is 235 Å². The van der Waals surface area contributed by atoms with Crippen molar-refractivity contribution in [2.75, 3.05) is 13.2 Å². The average molecular weight is 584 g/mol. The van der Waals surface area contributed by atoms with Crippen LogP contribution in [0.4, 0.5) is 26.3 Å². The van der Waals surface area contributed by atoms with Gasteiger partial charge in [-0.3, -0.25) is 0 Å². The number of hydrogen-bond donors (Lipinski definition) is 0. The van der Waals surface area contributed by atoms with Crippen molar-refractivity contribution >= 4 is 16.9 Å². The van der Waals surface area contributed by atoms with Gasteiger partial charge in [0.15, 0.2) is 13.2 Å². The maximum atomic E-state index is 14.4. The third-order valence-electron chi connectivity index (χ3n) is 6.87. The summed E-state index contributed by atoms with van der Waals surface area (Å²) in [5.41, 5.74) is 4.79. The highest BCUT2D eigenvalue weighted by Gasteiger charge is 2.72. The van der Waals surface area contributed by atoms with Gasteiger partial charge < -0.3 is 14.0 Å². The number of nitrogens with zero attached hydrogens (tertiary/aromatic N) is 1. The number of carbonyl (C=O) groups excluding carboxylic acids is 1. The molecule has 0 fully saturated rings. The number of benzene rings is 2. The first kappa shape index (κ1) is 32.1. The van der Waals surface area contributed by atoms with Crippen LogP contribution in [0.15, 0.2) is 55.1 Å². The first-order chi connectivity index (χ1) is 19.1. The molecular formula is C31H35F6NO3. The van der Waals surface area contributed by atoms with Crippen LogP contribution < -0.4 is 4.74 Å². The van der Waals surface area contributed by atoms with Crippen LogP contribution in [0, 0.1) is 6.92 Å². The van der Waals surface area contributed by atoms with Crippen molar-refractivity contribution < 1.29 is 40.6 Å². The lowest BCUT2D eigenvalue weighted by Gasteiger charge is -2.32. The van der Waals surface area contributed by atoms with Crippen LogP contribution in [0.3, 0.4) is 0 Å². The van der Waals surface area contributed by atoms with Gasteiger partial charge in [-0.1, -0.05) is 44.5 Å². The molecule has 3 rings (SSSR count). The lowest BCUT2D eigenvalue weighted by molar-refractivity contribution is -0.322. The highest BCUT2D eigenvalue weighted by molar-refractivity contribution is 5.89. The Hall–Kier alpha value is -3.43. The first-order valence-corrected chi connectivity index (χ1v) is 13.5. The van der Waals surface area contributed by atoms with Gasteiger partial charge in [-0.25, -0.2) is 4.79 Å². The molecule has 0 saturated carbocycles. The Balaban J connectivity index is 1.87. The van der Waals surface area contributed by atoms with Crippen LogP contribution in [0.2, 0.25) is 0 Å². The largest absolute Gasteiger partial charge is 0.487 e. The molecule has 0 unspecified atom stereocenters. The molecule has 4 nitrogen and oxygen atoms in total. The number of unbranched alkanes of at least 4 members (excludes halogenated alkanes) is 2. The van der Waals surface area contributed by atoms with Gasteiger partial charge in [-0.05, 0) is 62.9 Å². The van der Waals surface area contributed by atoms with Gasteiger partial charge in [0.05, 0.1) is 5.52 Å². The number of ether oxygens (including phenoxy) is 2. The van der Waals surface area contributed by atoms with Crippen LogP contribution >= 0.6 is 0 Å². The highest BCUT2D eigenvalue weighted by Crippen LogP contribution is 2.46. The van der Waals surface area contributed by atoms with Crippen molar-refractivity contribution in [2.45, 2.75) is 77.2 Å². The summed E-state index contributed by atoms with van der Waals surface area (Å²) in [6.07, 6.45) is 4.84. The van der Waals surface area contributed by atoms with E-state index in [1.54, 1.807) is 6.07 Å². The Morgan fingerprint density at radius 2 is 1.66 bits per heavy atom. The molecule has 0 N–H and O–H groups in total. The number of rotatable bonds is 14. The van der Waals surface area contributed by atoms with Crippen LogP contribution in [-0.4, -0.2) is 41.5 Å². The molecule has 41 heavy (non-hydrogen) atoms.